The van der Waals surface area contributed by atoms with Crippen LogP contribution < -0.4 is 0 Å². The number of hydrogen-bond acceptors (Lipinski definition) is 6. The van der Waals surface area contributed by atoms with E-state index in [-0.39, 0.29) is 23.9 Å². The number of nitriles is 1. The van der Waals surface area contributed by atoms with Crippen LogP contribution >= 0.6 is 0 Å². The van der Waals surface area contributed by atoms with Crippen molar-refractivity contribution in [2.45, 2.75) is 51.9 Å². The number of imidazole rings is 1. The van der Waals surface area contributed by atoms with Crippen molar-refractivity contribution in [3.63, 3.8) is 0 Å². The minimum absolute atomic E-state index is 0.115. The predicted octanol–water partition coefficient (Wildman–Crippen LogP) is 4.97. The van der Waals surface area contributed by atoms with Gasteiger partial charge in [-0.2, -0.15) is 5.26 Å². The Labute approximate surface area is 209 Å². The second-order valence-corrected chi connectivity index (χ2v) is 16.0. The van der Waals surface area contributed by atoms with E-state index < -0.39 is 19.8 Å². The van der Waals surface area contributed by atoms with Crippen molar-refractivity contribution in [3.05, 3.63) is 59.0 Å². The molecule has 3 N–H and O–H groups in total. The van der Waals surface area contributed by atoms with Gasteiger partial charge in [0.1, 0.15) is 23.9 Å². The molecular weight excluding hydrogens is 476 g/mol. The van der Waals surface area contributed by atoms with Crippen LogP contribution in [0.25, 0.3) is 21.9 Å². The number of benzene rings is 2. The number of aryl methyl sites for hydroxylation is 1. The van der Waals surface area contributed by atoms with Gasteiger partial charge < -0.3 is 24.6 Å². The molecule has 4 aromatic rings. The summed E-state index contributed by atoms with van der Waals surface area (Å²) in [6.07, 6.45) is 0.220. The molecule has 1 atom stereocenters. The summed E-state index contributed by atoms with van der Waals surface area (Å²) in [5.74, 6) is 0.0354. The summed E-state index contributed by atoms with van der Waals surface area (Å²) in [4.78, 5) is 16.4. The molecule has 10 heteroatoms. The highest BCUT2D eigenvalue weighted by Crippen LogP contribution is 2.42. The predicted molar refractivity (Wildman–Crippen MR) is 139 cm³/mol. The zero-order valence-electron chi connectivity index (χ0n) is 21.0. The van der Waals surface area contributed by atoms with Crippen LogP contribution in [-0.2, 0) is 17.1 Å². The van der Waals surface area contributed by atoms with Crippen molar-refractivity contribution in [2.75, 3.05) is 6.61 Å². The zero-order valence-corrected chi connectivity index (χ0v) is 22.0. The van der Waals surface area contributed by atoms with Gasteiger partial charge >= 0.3 is 6.09 Å². The van der Waals surface area contributed by atoms with Crippen LogP contribution in [0.1, 0.15) is 29.4 Å². The number of phenolic OH excluding ortho intramolecular Hbond substituents is 1. The van der Waals surface area contributed by atoms with Gasteiger partial charge in [-0.1, -0.05) is 19.6 Å². The van der Waals surface area contributed by atoms with Gasteiger partial charge in [-0.3, -0.25) is 4.57 Å². The lowest BCUT2D eigenvalue weighted by Gasteiger charge is -2.27. The number of carbonyl (C=O) groups is 1. The van der Waals surface area contributed by atoms with E-state index in [1.54, 1.807) is 35.8 Å². The average Bonchev–Trinajstić information content (AvgIpc) is 3.38. The number of nitrogens with zero attached hydrogens (tertiary/aromatic N) is 4. The van der Waals surface area contributed by atoms with Gasteiger partial charge in [0.2, 0.25) is 0 Å². The number of aliphatic hydroxyl groups is 1. The highest BCUT2D eigenvalue weighted by Gasteiger charge is 2.37. The van der Waals surface area contributed by atoms with E-state index in [2.05, 4.69) is 30.7 Å². The van der Waals surface area contributed by atoms with E-state index in [0.717, 1.165) is 10.6 Å². The van der Waals surface area contributed by atoms with E-state index in [9.17, 15) is 25.4 Å². The third-order valence-corrected chi connectivity index (χ3v) is 8.07. The number of phenols is 1. The van der Waals surface area contributed by atoms with Crippen molar-refractivity contribution in [1.82, 2.24) is 14.1 Å². The van der Waals surface area contributed by atoms with Crippen LogP contribution in [0.5, 0.6) is 5.75 Å². The maximum Gasteiger partial charge on any atom is 0.416 e. The minimum atomic E-state index is -1.82. The fourth-order valence-electron chi connectivity index (χ4n) is 4.54. The van der Waals surface area contributed by atoms with Gasteiger partial charge in [-0.05, 0) is 55.8 Å². The second kappa shape index (κ2) is 9.09. The molecule has 2 aromatic heterocycles. The van der Waals surface area contributed by atoms with Crippen LogP contribution in [0.3, 0.4) is 0 Å². The fourth-order valence-corrected chi connectivity index (χ4v) is 5.30. The van der Waals surface area contributed by atoms with Crippen LogP contribution in [0.2, 0.25) is 25.7 Å². The Balaban J connectivity index is 1.90. The Morgan fingerprint density at radius 2 is 1.97 bits per heavy atom. The molecule has 0 spiro atoms. The minimum Gasteiger partial charge on any atom is -0.508 e. The van der Waals surface area contributed by atoms with E-state index >= 15 is 0 Å². The van der Waals surface area contributed by atoms with E-state index in [0.29, 0.717) is 39.7 Å². The molecule has 2 heterocycles. The summed E-state index contributed by atoms with van der Waals surface area (Å²) < 4.78 is 8.80. The lowest BCUT2D eigenvalue weighted by Crippen LogP contribution is -2.29. The van der Waals surface area contributed by atoms with Crippen molar-refractivity contribution < 1.29 is 24.9 Å². The summed E-state index contributed by atoms with van der Waals surface area (Å²) in [5.41, 5.74) is 0.841. The number of aromatic nitrogens is 3. The van der Waals surface area contributed by atoms with Gasteiger partial charge in [0.25, 0.3) is 0 Å². The number of hydrogen-bond donors (Lipinski definition) is 3. The quantitative estimate of drug-likeness (QED) is 0.238. The van der Waals surface area contributed by atoms with Crippen molar-refractivity contribution in [2.24, 2.45) is 0 Å². The van der Waals surface area contributed by atoms with Crippen molar-refractivity contribution in [1.29, 1.82) is 5.26 Å². The first kappa shape index (κ1) is 25.4. The van der Waals surface area contributed by atoms with Crippen LogP contribution in [0.15, 0.2) is 36.5 Å². The van der Waals surface area contributed by atoms with Gasteiger partial charge in [0.05, 0.1) is 28.2 Å². The highest BCUT2D eigenvalue weighted by atomic mass is 28.3. The zero-order chi connectivity index (χ0) is 26.4. The van der Waals surface area contributed by atoms with E-state index in [4.69, 9.17) is 4.74 Å². The lowest BCUT2D eigenvalue weighted by molar-refractivity contribution is 0.0559. The SMILES string of the molecule is Cc1cc(O)c(C(C)(O)c2nc3cc(C#N)ccc3n2COCC[Si](C)(C)C)c2ccn(C(=O)O)c12. The monoisotopic (exact) mass is 506 g/mol. The Bertz CT molecular complexity index is 1520. The molecule has 0 aliphatic carbocycles. The first-order valence-electron chi connectivity index (χ1n) is 11.6. The maximum absolute atomic E-state index is 12.0. The molecule has 0 fully saturated rings. The third kappa shape index (κ3) is 4.48. The summed E-state index contributed by atoms with van der Waals surface area (Å²) in [5, 5.41) is 42.3. The Morgan fingerprint density at radius 3 is 2.61 bits per heavy atom. The largest absolute Gasteiger partial charge is 0.508 e. The molecule has 0 saturated heterocycles. The van der Waals surface area contributed by atoms with Crippen LogP contribution in [-0.4, -0.2) is 50.2 Å². The second-order valence-electron chi connectivity index (χ2n) is 10.4. The molecule has 0 aliphatic rings. The summed E-state index contributed by atoms with van der Waals surface area (Å²) in [6.45, 7) is 10.7. The summed E-state index contributed by atoms with van der Waals surface area (Å²) in [7, 11) is -1.32. The summed E-state index contributed by atoms with van der Waals surface area (Å²) in [6, 6.07) is 11.1. The molecule has 2 aromatic carbocycles. The third-order valence-electron chi connectivity index (χ3n) is 6.36. The Kier molecular flexibility index (Phi) is 6.43. The standard InChI is InChI=1S/C26H30N4O5Si/c1-16-12-21(31)22(18-8-9-29(23(16)18)25(32)33)26(2,34)24-28-19-13-17(14-27)6-7-20(19)30(24)15-35-10-11-36(3,4)5/h6-9,12-13,31,34H,10-11,15H2,1-5H3,(H,32,33). The van der Waals surface area contributed by atoms with Crippen molar-refractivity contribution >= 4 is 36.1 Å². The maximum atomic E-state index is 12.0. The first-order valence-corrected chi connectivity index (χ1v) is 15.3. The number of rotatable bonds is 7. The van der Waals surface area contributed by atoms with E-state index in [1.807, 2.05) is 0 Å². The van der Waals surface area contributed by atoms with Gasteiger partial charge in [-0.25, -0.2) is 9.78 Å². The molecule has 9 nitrogen and oxygen atoms in total. The number of fused-ring (bicyclic) bond motifs is 2. The number of ether oxygens (including phenoxy) is 1. The molecule has 188 valence electrons. The summed E-state index contributed by atoms with van der Waals surface area (Å²) >= 11 is 0. The molecule has 0 aliphatic heterocycles. The van der Waals surface area contributed by atoms with Gasteiger partial charge in [-0.15, -0.1) is 0 Å². The molecule has 0 saturated carbocycles. The van der Waals surface area contributed by atoms with Gasteiger partial charge in [0, 0.05) is 31.8 Å². The average molecular weight is 507 g/mol. The molecule has 1 unspecified atom stereocenters. The smallest absolute Gasteiger partial charge is 0.416 e. The van der Waals surface area contributed by atoms with Crippen LogP contribution in [0.4, 0.5) is 4.79 Å². The first-order chi connectivity index (χ1) is 16.8. The topological polar surface area (TPSA) is 134 Å². The fraction of sp³-hybridized carbons (Fsp3) is 0.346. The highest BCUT2D eigenvalue weighted by molar-refractivity contribution is 6.76. The Hall–Kier alpha value is -3.65. The van der Waals surface area contributed by atoms with E-state index in [1.165, 1.54) is 19.2 Å². The molecule has 4 rings (SSSR count). The molecule has 0 bridgehead atoms. The van der Waals surface area contributed by atoms with Gasteiger partial charge in [0.15, 0.2) is 0 Å². The molecule has 36 heavy (non-hydrogen) atoms. The number of carboxylic acid groups (broad SMARTS) is 1. The molecule has 0 amide bonds. The lowest BCUT2D eigenvalue weighted by atomic mass is 9.89. The number of aromatic hydroxyl groups is 1. The van der Waals surface area contributed by atoms with Crippen molar-refractivity contribution in [3.8, 4) is 11.8 Å². The normalized spacial score (nSPS) is 13.7. The molecular formula is C26H30N4O5Si. The van der Waals surface area contributed by atoms with Crippen LogP contribution in [0, 0.1) is 18.3 Å². The molecule has 0 radical (unpaired) electrons. The Morgan fingerprint density at radius 1 is 1.25 bits per heavy atom.